The quantitative estimate of drug-likeness (QED) is 0.115. The maximum Gasteiger partial charge on any atom is 0.326 e. The van der Waals surface area contributed by atoms with Gasteiger partial charge in [0.1, 0.15) is 6.04 Å². The molecule has 4 N–H and O–H groups in total. The second-order valence-corrected chi connectivity index (χ2v) is 11.3. The molecule has 0 saturated carbocycles. The van der Waals surface area contributed by atoms with E-state index >= 15 is 0 Å². The molecule has 47 heavy (non-hydrogen) atoms. The Bertz CT molecular complexity index is 2070. The van der Waals surface area contributed by atoms with Crippen LogP contribution in [0.25, 0.3) is 21.9 Å². The first-order valence-corrected chi connectivity index (χ1v) is 15.3. The number of benzene rings is 6. The molecule has 2 amide bonds. The molecule has 0 aliphatic rings. The Labute approximate surface area is 272 Å². The van der Waals surface area contributed by atoms with E-state index in [1.54, 1.807) is 48.5 Å². The number of ketones is 1. The van der Waals surface area contributed by atoms with Crippen molar-refractivity contribution in [3.05, 3.63) is 162 Å². The van der Waals surface area contributed by atoms with Crippen LogP contribution in [0.5, 0.6) is 0 Å². The highest BCUT2D eigenvalue weighted by molar-refractivity contribution is 6.12. The van der Waals surface area contributed by atoms with Gasteiger partial charge >= 0.3 is 12.0 Å². The minimum Gasteiger partial charge on any atom is -0.480 e. The Morgan fingerprint density at radius 3 is 2.17 bits per heavy atom. The molecule has 0 saturated heterocycles. The Balaban J connectivity index is 1.12. The lowest BCUT2D eigenvalue weighted by atomic mass is 9.98. The standard InChI is InChI=1S/C40H33N3O4/c1-26-33-15-6-5-10-29(33)22-23-35(26)43-40(47)41-32-14-9-13-31(25-32)28-20-18-27(19-21-28)24-37(39(45)46)42-36-17-8-7-16-34(36)38(44)30-11-3-2-4-12-30/h2-23,25,37,42H,24H2,1H3,(H,45,46)(H2,41,43,47). The van der Waals surface area contributed by atoms with Gasteiger partial charge in [-0.1, -0.05) is 109 Å². The van der Waals surface area contributed by atoms with Gasteiger partial charge in [-0.15, -0.1) is 0 Å². The maximum absolute atomic E-state index is 13.2. The van der Waals surface area contributed by atoms with Gasteiger partial charge in [-0.25, -0.2) is 9.59 Å². The van der Waals surface area contributed by atoms with Crippen LogP contribution in [0.1, 0.15) is 27.0 Å². The van der Waals surface area contributed by atoms with Gasteiger partial charge in [0.15, 0.2) is 5.78 Å². The van der Waals surface area contributed by atoms with Crippen LogP contribution < -0.4 is 16.0 Å². The Hall–Kier alpha value is -6.21. The van der Waals surface area contributed by atoms with Gasteiger partial charge in [0.2, 0.25) is 0 Å². The number of para-hydroxylation sites is 1. The van der Waals surface area contributed by atoms with E-state index in [4.69, 9.17) is 0 Å². The Morgan fingerprint density at radius 1 is 0.660 bits per heavy atom. The number of hydrogen-bond donors (Lipinski definition) is 4. The van der Waals surface area contributed by atoms with Gasteiger partial charge in [0.05, 0.1) is 0 Å². The topological polar surface area (TPSA) is 108 Å². The fourth-order valence-corrected chi connectivity index (χ4v) is 5.63. The number of carbonyl (C=O) groups is 3. The molecule has 7 heteroatoms. The zero-order chi connectivity index (χ0) is 32.8. The number of nitrogens with one attached hydrogen (secondary N) is 3. The molecule has 0 bridgehead atoms. The van der Waals surface area contributed by atoms with Crippen molar-refractivity contribution < 1.29 is 19.5 Å². The van der Waals surface area contributed by atoms with Crippen molar-refractivity contribution in [2.24, 2.45) is 0 Å². The summed E-state index contributed by atoms with van der Waals surface area (Å²) in [5, 5.41) is 21.2. The highest BCUT2D eigenvalue weighted by Crippen LogP contribution is 2.27. The minimum atomic E-state index is -1.02. The second-order valence-electron chi connectivity index (χ2n) is 11.3. The zero-order valence-electron chi connectivity index (χ0n) is 25.7. The summed E-state index contributed by atoms with van der Waals surface area (Å²) in [4.78, 5) is 38.3. The predicted octanol–water partition coefficient (Wildman–Crippen LogP) is 8.80. The molecular weight excluding hydrogens is 586 g/mol. The largest absolute Gasteiger partial charge is 0.480 e. The molecule has 0 fully saturated rings. The molecule has 1 unspecified atom stereocenters. The predicted molar refractivity (Wildman–Crippen MR) is 188 cm³/mol. The van der Waals surface area contributed by atoms with E-state index in [-0.39, 0.29) is 18.2 Å². The van der Waals surface area contributed by atoms with Crippen molar-refractivity contribution in [2.75, 3.05) is 16.0 Å². The van der Waals surface area contributed by atoms with Crippen LogP contribution in [0.2, 0.25) is 0 Å². The van der Waals surface area contributed by atoms with Crippen LogP contribution in [0, 0.1) is 6.92 Å². The summed E-state index contributed by atoms with van der Waals surface area (Å²) in [5.74, 6) is -1.20. The highest BCUT2D eigenvalue weighted by atomic mass is 16.4. The van der Waals surface area contributed by atoms with Crippen molar-refractivity contribution in [1.29, 1.82) is 0 Å². The van der Waals surface area contributed by atoms with E-state index in [2.05, 4.69) is 16.0 Å². The van der Waals surface area contributed by atoms with Crippen LogP contribution in [0.4, 0.5) is 21.9 Å². The van der Waals surface area contributed by atoms with Gasteiger partial charge in [-0.2, -0.15) is 0 Å². The van der Waals surface area contributed by atoms with E-state index in [0.29, 0.717) is 22.5 Å². The second kappa shape index (κ2) is 13.8. The fraction of sp³-hybridized carbons (Fsp3) is 0.0750. The zero-order valence-corrected chi connectivity index (χ0v) is 25.7. The number of aliphatic carboxylic acids is 1. The van der Waals surface area contributed by atoms with Gasteiger partial charge in [-0.3, -0.25) is 4.79 Å². The normalized spacial score (nSPS) is 11.4. The number of anilines is 3. The molecule has 6 rings (SSSR count). The highest BCUT2D eigenvalue weighted by Gasteiger charge is 2.21. The molecule has 1 atom stereocenters. The van der Waals surface area contributed by atoms with E-state index in [9.17, 15) is 19.5 Å². The number of carboxylic acids is 1. The summed E-state index contributed by atoms with van der Waals surface area (Å²) in [6.07, 6.45) is 0.208. The summed E-state index contributed by atoms with van der Waals surface area (Å²) in [6, 6.07) is 41.7. The third-order valence-electron chi connectivity index (χ3n) is 8.13. The maximum atomic E-state index is 13.2. The lowest BCUT2D eigenvalue weighted by molar-refractivity contribution is -0.137. The molecule has 7 nitrogen and oxygen atoms in total. The summed E-state index contributed by atoms with van der Waals surface area (Å²) in [7, 11) is 0. The minimum absolute atomic E-state index is 0.180. The molecular formula is C40H33N3O4. The first-order valence-electron chi connectivity index (χ1n) is 15.3. The first kappa shape index (κ1) is 30.8. The van der Waals surface area contributed by atoms with E-state index < -0.39 is 12.0 Å². The molecule has 0 heterocycles. The number of hydrogen-bond acceptors (Lipinski definition) is 4. The van der Waals surface area contributed by atoms with Crippen molar-refractivity contribution in [2.45, 2.75) is 19.4 Å². The lowest BCUT2D eigenvalue weighted by Crippen LogP contribution is -2.32. The molecule has 0 radical (unpaired) electrons. The van der Waals surface area contributed by atoms with Crippen molar-refractivity contribution in [3.8, 4) is 11.1 Å². The molecule has 0 aliphatic heterocycles. The number of fused-ring (bicyclic) bond motifs is 1. The van der Waals surface area contributed by atoms with Crippen LogP contribution in [0.3, 0.4) is 0 Å². The Morgan fingerprint density at radius 2 is 1.38 bits per heavy atom. The molecule has 6 aromatic rings. The van der Waals surface area contributed by atoms with E-state index in [1.165, 1.54) is 0 Å². The van der Waals surface area contributed by atoms with Crippen LogP contribution in [-0.4, -0.2) is 28.9 Å². The average Bonchev–Trinajstić information content (AvgIpc) is 3.10. The Kier molecular flexibility index (Phi) is 9.06. The summed E-state index contributed by atoms with van der Waals surface area (Å²) >= 11 is 0. The van der Waals surface area contributed by atoms with Gasteiger partial charge in [-0.05, 0) is 70.3 Å². The third kappa shape index (κ3) is 7.21. The average molecular weight is 620 g/mol. The van der Waals surface area contributed by atoms with Crippen LogP contribution in [-0.2, 0) is 11.2 Å². The number of aryl methyl sites for hydroxylation is 1. The number of carboxylic acid groups (broad SMARTS) is 1. The van der Waals surface area contributed by atoms with Crippen LogP contribution >= 0.6 is 0 Å². The summed E-state index contributed by atoms with van der Waals surface area (Å²) in [6.45, 7) is 1.99. The lowest BCUT2D eigenvalue weighted by Gasteiger charge is -2.18. The first-order chi connectivity index (χ1) is 22.9. The summed E-state index contributed by atoms with van der Waals surface area (Å²) in [5.41, 5.74) is 6.43. The summed E-state index contributed by atoms with van der Waals surface area (Å²) < 4.78 is 0. The van der Waals surface area contributed by atoms with Gasteiger partial charge < -0.3 is 21.1 Å². The van der Waals surface area contributed by atoms with E-state index in [0.717, 1.165) is 38.7 Å². The molecule has 0 aliphatic carbocycles. The van der Waals surface area contributed by atoms with Gasteiger partial charge in [0.25, 0.3) is 0 Å². The van der Waals surface area contributed by atoms with Crippen molar-refractivity contribution >= 4 is 45.6 Å². The molecule has 6 aromatic carbocycles. The number of rotatable bonds is 10. The van der Waals surface area contributed by atoms with Gasteiger partial charge in [0, 0.05) is 34.6 Å². The monoisotopic (exact) mass is 619 g/mol. The molecule has 0 spiro atoms. The smallest absolute Gasteiger partial charge is 0.326 e. The van der Waals surface area contributed by atoms with Crippen molar-refractivity contribution in [1.82, 2.24) is 0 Å². The number of amides is 2. The van der Waals surface area contributed by atoms with Crippen LogP contribution in [0.15, 0.2) is 140 Å². The molecule has 232 valence electrons. The SMILES string of the molecule is Cc1c(NC(=O)Nc2cccc(-c3ccc(CC(Nc4ccccc4C(=O)c4ccccc4)C(=O)O)cc3)c2)ccc2ccccc12. The van der Waals surface area contributed by atoms with E-state index in [1.807, 2.05) is 97.9 Å². The fourth-order valence-electron chi connectivity index (χ4n) is 5.63. The number of carbonyl (C=O) groups excluding carboxylic acids is 2. The number of urea groups is 1. The molecule has 0 aromatic heterocycles. The third-order valence-corrected chi connectivity index (χ3v) is 8.13. The van der Waals surface area contributed by atoms with Crippen molar-refractivity contribution in [3.63, 3.8) is 0 Å².